The highest BCUT2D eigenvalue weighted by molar-refractivity contribution is 5.84. The van der Waals surface area contributed by atoms with Gasteiger partial charge in [0.1, 0.15) is 11.9 Å². The van der Waals surface area contributed by atoms with E-state index in [4.69, 9.17) is 14.2 Å². The molecule has 10 heteroatoms. The van der Waals surface area contributed by atoms with E-state index in [1.165, 1.54) is 0 Å². The van der Waals surface area contributed by atoms with Gasteiger partial charge in [-0.15, -0.1) is 0 Å². The summed E-state index contributed by atoms with van der Waals surface area (Å²) in [4.78, 5) is 0. The molecule has 0 radical (unpaired) electrons. The van der Waals surface area contributed by atoms with Crippen molar-refractivity contribution < 1.29 is 45.3 Å². The van der Waals surface area contributed by atoms with Crippen LogP contribution < -0.4 is 4.74 Å². The third-order valence-corrected chi connectivity index (χ3v) is 6.23. The summed E-state index contributed by atoms with van der Waals surface area (Å²) in [5.74, 6) is -4.00. The van der Waals surface area contributed by atoms with Gasteiger partial charge in [-0.2, -0.15) is 13.2 Å². The molecule has 0 saturated carbocycles. The first-order chi connectivity index (χ1) is 18.1. The molecule has 0 amide bonds. The number of aryl methyl sites for hydroxylation is 3. The number of alkyl halides is 3. The van der Waals surface area contributed by atoms with Crippen LogP contribution in [0, 0.1) is 17.5 Å². The minimum Gasteiger partial charge on any atom is -0.478 e. The van der Waals surface area contributed by atoms with Crippen molar-refractivity contribution in [3.63, 3.8) is 0 Å². The number of hydrogen-bond acceptors (Lipinski definition) is 4. The molecule has 0 aromatic heterocycles. The molecule has 0 N–H and O–H groups in total. The lowest BCUT2D eigenvalue weighted by Gasteiger charge is -2.29. The predicted octanol–water partition coefficient (Wildman–Crippen LogP) is 6.69. The maximum absolute atomic E-state index is 15.2. The van der Waals surface area contributed by atoms with Gasteiger partial charge in [0, 0.05) is 18.4 Å². The van der Waals surface area contributed by atoms with Crippen molar-refractivity contribution in [2.45, 2.75) is 51.2 Å². The smallest absolute Gasteiger partial charge is 0.422 e. The number of rotatable bonds is 10. The summed E-state index contributed by atoms with van der Waals surface area (Å²) in [6, 6.07) is 10.6. The van der Waals surface area contributed by atoms with Crippen LogP contribution in [0.25, 0.3) is 10.8 Å². The van der Waals surface area contributed by atoms with Crippen LogP contribution in [-0.4, -0.2) is 45.0 Å². The van der Waals surface area contributed by atoms with E-state index in [1.54, 1.807) is 18.2 Å². The van der Waals surface area contributed by atoms with Gasteiger partial charge in [0.05, 0.1) is 13.2 Å². The van der Waals surface area contributed by atoms with E-state index in [-0.39, 0.29) is 30.8 Å². The summed E-state index contributed by atoms with van der Waals surface area (Å²) < 4.78 is 101. The summed E-state index contributed by atoms with van der Waals surface area (Å²) in [6.07, 6.45) is -3.53. The maximum atomic E-state index is 15.2. The molecule has 1 aliphatic rings. The zero-order valence-corrected chi connectivity index (χ0v) is 20.8. The zero-order chi connectivity index (χ0) is 27.3. The quantitative estimate of drug-likeness (QED) is 0.268. The van der Waals surface area contributed by atoms with Crippen molar-refractivity contribution in [3.8, 4) is 5.75 Å². The predicted molar refractivity (Wildman–Crippen MR) is 129 cm³/mol. The van der Waals surface area contributed by atoms with Crippen molar-refractivity contribution in [3.05, 3.63) is 76.6 Å². The number of halogens is 6. The second-order valence-corrected chi connectivity index (χ2v) is 9.10. The van der Waals surface area contributed by atoms with Crippen LogP contribution in [0.3, 0.4) is 0 Å². The Bertz CT molecular complexity index is 1210. The van der Waals surface area contributed by atoms with Gasteiger partial charge in [-0.05, 0) is 60.4 Å². The van der Waals surface area contributed by atoms with E-state index in [9.17, 15) is 22.0 Å². The van der Waals surface area contributed by atoms with Crippen LogP contribution >= 0.6 is 0 Å². The van der Waals surface area contributed by atoms with Crippen molar-refractivity contribution in [2.24, 2.45) is 0 Å². The molecular formula is C28H28F6O4. The molecule has 0 bridgehead atoms. The van der Waals surface area contributed by atoms with Gasteiger partial charge >= 0.3 is 6.18 Å². The van der Waals surface area contributed by atoms with Crippen LogP contribution in [0.4, 0.5) is 26.3 Å². The molecule has 0 atom stereocenters. The summed E-state index contributed by atoms with van der Waals surface area (Å²) in [5.41, 5.74) is 1.54. The Morgan fingerprint density at radius 2 is 1.58 bits per heavy atom. The first kappa shape index (κ1) is 28.2. The Kier molecular flexibility index (Phi) is 9.17. The normalized spacial score (nSPS) is 18.2. The molecule has 4 rings (SSSR count). The molecule has 1 saturated heterocycles. The fraction of sp³-hybridized carbons (Fsp3) is 0.429. The van der Waals surface area contributed by atoms with E-state index in [0.29, 0.717) is 49.0 Å². The molecular weight excluding hydrogens is 514 g/mol. The highest BCUT2D eigenvalue weighted by Gasteiger charge is 2.30. The monoisotopic (exact) mass is 542 g/mol. The fourth-order valence-electron chi connectivity index (χ4n) is 4.37. The lowest BCUT2D eigenvalue weighted by molar-refractivity contribution is -0.227. The lowest BCUT2D eigenvalue weighted by atomic mass is 9.98. The van der Waals surface area contributed by atoms with Crippen LogP contribution in [0.2, 0.25) is 0 Å². The largest absolute Gasteiger partial charge is 0.478 e. The highest BCUT2D eigenvalue weighted by Crippen LogP contribution is 2.28. The molecule has 3 aromatic carbocycles. The Labute approximate surface area is 216 Å². The Morgan fingerprint density at radius 3 is 2.24 bits per heavy atom. The van der Waals surface area contributed by atoms with Crippen molar-refractivity contribution >= 4 is 10.8 Å². The molecule has 1 aliphatic heterocycles. The molecule has 3 aromatic rings. The van der Waals surface area contributed by atoms with Gasteiger partial charge in [-0.1, -0.05) is 30.3 Å². The van der Waals surface area contributed by atoms with Gasteiger partial charge in [0.25, 0.3) is 0 Å². The summed E-state index contributed by atoms with van der Waals surface area (Å²) >= 11 is 0. The minimum atomic E-state index is -4.72. The van der Waals surface area contributed by atoms with E-state index in [0.717, 1.165) is 17.7 Å². The Balaban J connectivity index is 1.36. The van der Waals surface area contributed by atoms with Gasteiger partial charge in [-0.25, -0.2) is 13.2 Å². The van der Waals surface area contributed by atoms with E-state index in [1.807, 2.05) is 19.1 Å². The molecule has 1 fully saturated rings. The average Bonchev–Trinajstić information content (AvgIpc) is 2.87. The molecule has 206 valence electrons. The number of hydrogen-bond donors (Lipinski definition) is 0. The molecule has 1 heterocycles. The van der Waals surface area contributed by atoms with Gasteiger partial charge < -0.3 is 18.9 Å². The lowest BCUT2D eigenvalue weighted by Crippen LogP contribution is -2.37. The van der Waals surface area contributed by atoms with E-state index >= 15 is 4.39 Å². The van der Waals surface area contributed by atoms with Crippen LogP contribution in [0.15, 0.2) is 42.5 Å². The number of fused-ring (bicyclic) bond motifs is 1. The van der Waals surface area contributed by atoms with Crippen LogP contribution in [0.1, 0.15) is 30.0 Å². The topological polar surface area (TPSA) is 36.9 Å². The van der Waals surface area contributed by atoms with Crippen molar-refractivity contribution in [2.75, 3.05) is 26.4 Å². The minimum absolute atomic E-state index is 0.0521. The van der Waals surface area contributed by atoms with Crippen molar-refractivity contribution in [1.82, 2.24) is 0 Å². The standard InChI is InChI=1S/C28H28F6O4/c1-2-35-21-14-36-25(37-15-21)10-5-17-4-9-22-20(11-17)8-7-19(26(22)31)6-3-18-12-23(29)27(24(30)13-18)38-16-28(32,33)34/h4,7-9,11-13,21,25H,2-3,5-6,10,14-16H2,1H3. The van der Waals surface area contributed by atoms with Gasteiger partial charge in [0.15, 0.2) is 30.3 Å². The van der Waals surface area contributed by atoms with Gasteiger partial charge in [-0.3, -0.25) is 0 Å². The summed E-state index contributed by atoms with van der Waals surface area (Å²) in [5, 5.41) is 1.14. The van der Waals surface area contributed by atoms with Gasteiger partial charge in [0.2, 0.25) is 0 Å². The molecule has 4 nitrogen and oxygen atoms in total. The number of benzene rings is 3. The second-order valence-electron chi connectivity index (χ2n) is 9.10. The van der Waals surface area contributed by atoms with Crippen LogP contribution in [-0.2, 0) is 33.5 Å². The highest BCUT2D eigenvalue weighted by atomic mass is 19.4. The maximum Gasteiger partial charge on any atom is 0.422 e. The first-order valence-electron chi connectivity index (χ1n) is 12.3. The zero-order valence-electron chi connectivity index (χ0n) is 20.8. The molecule has 0 unspecified atom stereocenters. The molecule has 0 aliphatic carbocycles. The average molecular weight is 543 g/mol. The van der Waals surface area contributed by atoms with E-state index < -0.39 is 36.0 Å². The Hall–Kier alpha value is -2.82. The third kappa shape index (κ3) is 7.39. The second kappa shape index (κ2) is 12.4. The molecule has 0 spiro atoms. The SMILES string of the molecule is CCOC1COC(CCc2ccc3c(F)c(CCc4cc(F)c(OCC(F)(F)F)c(F)c4)ccc3c2)OC1. The first-order valence-corrected chi connectivity index (χ1v) is 12.3. The van der Waals surface area contributed by atoms with Crippen LogP contribution in [0.5, 0.6) is 5.75 Å². The summed E-state index contributed by atoms with van der Waals surface area (Å²) in [7, 11) is 0. The number of ether oxygens (including phenoxy) is 4. The summed E-state index contributed by atoms with van der Waals surface area (Å²) in [6.45, 7) is 1.69. The van der Waals surface area contributed by atoms with E-state index in [2.05, 4.69) is 4.74 Å². The third-order valence-electron chi connectivity index (χ3n) is 6.23. The van der Waals surface area contributed by atoms with Crippen molar-refractivity contribution in [1.29, 1.82) is 0 Å². The Morgan fingerprint density at radius 1 is 0.868 bits per heavy atom. The molecule has 38 heavy (non-hydrogen) atoms. The fourth-order valence-corrected chi connectivity index (χ4v) is 4.37.